The molecule has 0 atom stereocenters. The van der Waals surface area contributed by atoms with Gasteiger partial charge in [0.15, 0.2) is 0 Å². The average molecular weight is 273 g/mol. The van der Waals surface area contributed by atoms with Gasteiger partial charge in [0, 0.05) is 39.0 Å². The van der Waals surface area contributed by atoms with Gasteiger partial charge in [-0.15, -0.1) is 0 Å². The third-order valence-electron chi connectivity index (χ3n) is 3.12. The number of nitrogens with zero attached hydrogens (tertiary/aromatic N) is 3. The maximum absolute atomic E-state index is 12.0. The number of carbonyl (C=O) groups excluding carboxylic acids is 1. The van der Waals surface area contributed by atoms with Crippen LogP contribution in [0.3, 0.4) is 0 Å². The van der Waals surface area contributed by atoms with E-state index >= 15 is 0 Å². The first-order chi connectivity index (χ1) is 9.65. The number of aryl methyl sites for hydroxylation is 1. The second-order valence-corrected chi connectivity index (χ2v) is 4.82. The van der Waals surface area contributed by atoms with Gasteiger partial charge in [0.1, 0.15) is 5.75 Å². The number of aromatic nitrogens is 2. The number of amides is 1. The van der Waals surface area contributed by atoms with Gasteiger partial charge in [0.2, 0.25) is 5.91 Å². The molecule has 0 fully saturated rings. The predicted octanol–water partition coefficient (Wildman–Crippen LogP) is 2.03. The van der Waals surface area contributed by atoms with Gasteiger partial charge in [-0.1, -0.05) is 12.1 Å². The quantitative estimate of drug-likeness (QED) is 0.876. The Morgan fingerprint density at radius 1 is 1.45 bits per heavy atom. The maximum Gasteiger partial charge on any atom is 0.222 e. The van der Waals surface area contributed by atoms with Gasteiger partial charge in [-0.2, -0.15) is 0 Å². The van der Waals surface area contributed by atoms with Gasteiger partial charge >= 0.3 is 0 Å². The van der Waals surface area contributed by atoms with Crippen molar-refractivity contribution in [1.82, 2.24) is 14.5 Å². The van der Waals surface area contributed by atoms with Crippen LogP contribution in [0.1, 0.15) is 18.4 Å². The Hall–Kier alpha value is -2.30. The molecule has 0 radical (unpaired) electrons. The molecule has 0 aliphatic heterocycles. The molecule has 20 heavy (non-hydrogen) atoms. The van der Waals surface area contributed by atoms with Crippen LogP contribution in [0.4, 0.5) is 0 Å². The molecule has 0 unspecified atom stereocenters. The topological polar surface area (TPSA) is 58.4 Å². The highest BCUT2D eigenvalue weighted by molar-refractivity contribution is 5.75. The zero-order valence-corrected chi connectivity index (χ0v) is 11.6. The summed E-state index contributed by atoms with van der Waals surface area (Å²) < 4.78 is 1.96. The third-order valence-corrected chi connectivity index (χ3v) is 3.12. The second kappa shape index (κ2) is 6.75. The molecule has 1 aromatic heterocycles. The molecule has 2 rings (SSSR count). The Kier molecular flexibility index (Phi) is 4.76. The van der Waals surface area contributed by atoms with Crippen molar-refractivity contribution in [3.63, 3.8) is 0 Å². The molecular formula is C15H19N3O2. The van der Waals surface area contributed by atoms with Crippen LogP contribution < -0.4 is 0 Å². The molecule has 0 saturated heterocycles. The Balaban J connectivity index is 1.77. The molecule has 0 aliphatic rings. The van der Waals surface area contributed by atoms with Gasteiger partial charge in [-0.25, -0.2) is 4.98 Å². The summed E-state index contributed by atoms with van der Waals surface area (Å²) in [4.78, 5) is 17.6. The summed E-state index contributed by atoms with van der Waals surface area (Å²) in [6.45, 7) is 1.31. The fraction of sp³-hybridized carbons (Fsp3) is 0.333. The van der Waals surface area contributed by atoms with Crippen molar-refractivity contribution in [3.8, 4) is 5.75 Å². The molecule has 0 bridgehead atoms. The van der Waals surface area contributed by atoms with Crippen molar-refractivity contribution in [2.75, 3.05) is 7.05 Å². The molecule has 5 nitrogen and oxygen atoms in total. The molecule has 0 aliphatic carbocycles. The summed E-state index contributed by atoms with van der Waals surface area (Å²) >= 11 is 0. The number of hydrogen-bond acceptors (Lipinski definition) is 3. The first-order valence-electron chi connectivity index (χ1n) is 6.63. The lowest BCUT2D eigenvalue weighted by Crippen LogP contribution is -2.26. The first kappa shape index (κ1) is 14.1. The van der Waals surface area contributed by atoms with Crippen molar-refractivity contribution < 1.29 is 9.90 Å². The van der Waals surface area contributed by atoms with Gasteiger partial charge in [-0.3, -0.25) is 4.79 Å². The molecule has 1 N–H and O–H groups in total. The Morgan fingerprint density at radius 2 is 2.30 bits per heavy atom. The first-order valence-corrected chi connectivity index (χ1v) is 6.63. The van der Waals surface area contributed by atoms with Crippen molar-refractivity contribution in [2.24, 2.45) is 0 Å². The van der Waals surface area contributed by atoms with Crippen LogP contribution in [0, 0.1) is 0 Å². The largest absolute Gasteiger partial charge is 0.508 e. The van der Waals surface area contributed by atoms with E-state index in [4.69, 9.17) is 0 Å². The minimum atomic E-state index is 0.105. The van der Waals surface area contributed by atoms with Gasteiger partial charge < -0.3 is 14.6 Å². The van der Waals surface area contributed by atoms with Crippen molar-refractivity contribution in [1.29, 1.82) is 0 Å². The number of imidazole rings is 1. The van der Waals surface area contributed by atoms with E-state index in [2.05, 4.69) is 4.98 Å². The van der Waals surface area contributed by atoms with Crippen molar-refractivity contribution >= 4 is 5.91 Å². The summed E-state index contributed by atoms with van der Waals surface area (Å²) in [6.07, 6.45) is 6.67. The highest BCUT2D eigenvalue weighted by atomic mass is 16.3. The number of aromatic hydroxyl groups is 1. The van der Waals surface area contributed by atoms with Crippen LogP contribution in [0.2, 0.25) is 0 Å². The van der Waals surface area contributed by atoms with Crippen LogP contribution >= 0.6 is 0 Å². The molecule has 1 aromatic carbocycles. The Labute approximate surface area is 118 Å². The number of rotatable bonds is 6. The Bertz CT molecular complexity index is 552. The SMILES string of the molecule is CN(Cc1cccc(O)c1)C(=O)CCCn1ccnc1. The summed E-state index contributed by atoms with van der Waals surface area (Å²) in [5.41, 5.74) is 0.926. The van der Waals surface area contributed by atoms with Gasteiger partial charge in [0.25, 0.3) is 0 Å². The smallest absolute Gasteiger partial charge is 0.222 e. The van der Waals surface area contributed by atoms with Crippen LogP contribution in [-0.4, -0.2) is 32.5 Å². The van der Waals surface area contributed by atoms with Crippen LogP contribution in [0.5, 0.6) is 5.75 Å². The van der Waals surface area contributed by atoms with E-state index in [1.165, 1.54) is 0 Å². The molecule has 2 aromatic rings. The highest BCUT2D eigenvalue weighted by Crippen LogP contribution is 2.13. The standard InChI is InChI=1S/C15H19N3O2/c1-17(11-13-4-2-5-14(19)10-13)15(20)6-3-8-18-9-7-16-12-18/h2,4-5,7,9-10,12,19H,3,6,8,11H2,1H3. The minimum Gasteiger partial charge on any atom is -0.508 e. The minimum absolute atomic E-state index is 0.105. The second-order valence-electron chi connectivity index (χ2n) is 4.82. The van der Waals surface area contributed by atoms with Gasteiger partial charge in [-0.05, 0) is 24.1 Å². The number of hydrogen-bond donors (Lipinski definition) is 1. The number of benzene rings is 1. The van der Waals surface area contributed by atoms with Crippen LogP contribution in [-0.2, 0) is 17.9 Å². The lowest BCUT2D eigenvalue weighted by atomic mass is 10.2. The van der Waals surface area contributed by atoms with E-state index in [1.54, 1.807) is 42.7 Å². The van der Waals surface area contributed by atoms with E-state index in [9.17, 15) is 9.90 Å². The normalized spacial score (nSPS) is 10.4. The zero-order valence-electron chi connectivity index (χ0n) is 11.6. The summed E-state index contributed by atoms with van der Waals surface area (Å²) in [7, 11) is 1.78. The fourth-order valence-corrected chi connectivity index (χ4v) is 2.04. The summed E-state index contributed by atoms with van der Waals surface area (Å²) in [5.74, 6) is 0.330. The van der Waals surface area contributed by atoms with Crippen molar-refractivity contribution in [3.05, 3.63) is 48.5 Å². The number of carbonyl (C=O) groups is 1. The Morgan fingerprint density at radius 3 is 3.00 bits per heavy atom. The van der Waals surface area contributed by atoms with Crippen molar-refractivity contribution in [2.45, 2.75) is 25.9 Å². The molecule has 1 heterocycles. The number of phenols is 1. The molecule has 0 spiro atoms. The predicted molar refractivity (Wildman–Crippen MR) is 76.0 cm³/mol. The monoisotopic (exact) mass is 273 g/mol. The summed E-state index contributed by atoms with van der Waals surface area (Å²) in [5, 5.41) is 9.40. The molecular weight excluding hydrogens is 254 g/mol. The maximum atomic E-state index is 12.0. The molecule has 0 saturated carbocycles. The average Bonchev–Trinajstić information content (AvgIpc) is 2.91. The zero-order chi connectivity index (χ0) is 14.4. The number of phenolic OH excluding ortho intramolecular Hbond substituents is 1. The van der Waals surface area contributed by atoms with Crippen LogP contribution in [0.25, 0.3) is 0 Å². The molecule has 1 amide bonds. The van der Waals surface area contributed by atoms with E-state index in [1.807, 2.05) is 16.8 Å². The van der Waals surface area contributed by atoms with E-state index in [0.717, 1.165) is 18.5 Å². The van der Waals surface area contributed by atoms with Gasteiger partial charge in [0.05, 0.1) is 6.33 Å². The fourth-order valence-electron chi connectivity index (χ4n) is 2.04. The lowest BCUT2D eigenvalue weighted by Gasteiger charge is -2.17. The van der Waals surface area contributed by atoms with E-state index < -0.39 is 0 Å². The van der Waals surface area contributed by atoms with E-state index in [0.29, 0.717) is 13.0 Å². The van der Waals surface area contributed by atoms with E-state index in [-0.39, 0.29) is 11.7 Å². The molecule has 106 valence electrons. The summed E-state index contributed by atoms with van der Waals surface area (Å²) in [6, 6.07) is 6.97. The molecule has 5 heteroatoms. The van der Waals surface area contributed by atoms with Crippen LogP contribution in [0.15, 0.2) is 43.0 Å². The highest BCUT2D eigenvalue weighted by Gasteiger charge is 2.09. The lowest BCUT2D eigenvalue weighted by molar-refractivity contribution is -0.130. The third kappa shape index (κ3) is 4.12.